The molecule has 0 unspecified atom stereocenters. The van der Waals surface area contributed by atoms with Gasteiger partial charge in [0, 0.05) is 18.2 Å². The van der Waals surface area contributed by atoms with E-state index in [1.54, 1.807) is 0 Å². The van der Waals surface area contributed by atoms with Crippen LogP contribution >= 0.6 is 0 Å². The molecule has 0 radical (unpaired) electrons. The molecule has 2 aromatic heterocycles. The van der Waals surface area contributed by atoms with Crippen LogP contribution in [0, 0.1) is 5.82 Å². The number of pyridine rings is 1. The Morgan fingerprint density at radius 3 is 3.00 bits per heavy atom. The minimum atomic E-state index is -0.583. The zero-order chi connectivity index (χ0) is 12.5. The highest BCUT2D eigenvalue weighted by atomic mass is 19.1. The largest absolute Gasteiger partial charge is 0.408 e. The number of nitrogens with one attached hydrogen (secondary N) is 1. The van der Waals surface area contributed by atoms with E-state index in [4.69, 9.17) is 4.42 Å². The smallest absolute Gasteiger partial charge is 0.322 e. The molecule has 7 heteroatoms. The van der Waals surface area contributed by atoms with Crippen LogP contribution in [0.4, 0.5) is 10.4 Å². The van der Waals surface area contributed by atoms with Crippen molar-refractivity contribution in [3.05, 3.63) is 35.7 Å². The lowest BCUT2D eigenvalue weighted by Gasteiger charge is -1.99. The van der Waals surface area contributed by atoms with E-state index in [1.165, 1.54) is 6.20 Å². The molecule has 1 aliphatic carbocycles. The summed E-state index contributed by atoms with van der Waals surface area (Å²) in [6.07, 6.45) is 3.27. The zero-order valence-electron chi connectivity index (χ0n) is 9.26. The lowest BCUT2D eigenvalue weighted by atomic mass is 10.3. The Kier molecular flexibility index (Phi) is 2.51. The van der Waals surface area contributed by atoms with Gasteiger partial charge in [0.1, 0.15) is 11.5 Å². The molecule has 2 heterocycles. The lowest BCUT2D eigenvalue weighted by Crippen LogP contribution is -2.14. The van der Waals surface area contributed by atoms with Gasteiger partial charge in [0.25, 0.3) is 5.91 Å². The average Bonchev–Trinajstić information content (AvgIpc) is 3.11. The van der Waals surface area contributed by atoms with Crippen LogP contribution in [0.1, 0.15) is 35.1 Å². The molecule has 3 rings (SSSR count). The Morgan fingerprint density at radius 1 is 1.44 bits per heavy atom. The average molecular weight is 248 g/mol. The van der Waals surface area contributed by atoms with E-state index in [0.29, 0.717) is 11.8 Å². The topological polar surface area (TPSA) is 80.9 Å². The maximum atomic E-state index is 12.9. The summed E-state index contributed by atoms with van der Waals surface area (Å²) in [4.78, 5) is 15.4. The Hall–Kier alpha value is -2.31. The highest BCUT2D eigenvalue weighted by Gasteiger charge is 2.29. The van der Waals surface area contributed by atoms with E-state index in [2.05, 4.69) is 20.5 Å². The third-order valence-electron chi connectivity index (χ3n) is 2.54. The predicted molar refractivity (Wildman–Crippen MR) is 58.4 cm³/mol. The number of carbonyl (C=O) groups is 1. The SMILES string of the molecule is O=C(Nc1nnc(C2CC2)o1)c1cc(F)ccn1. The molecule has 1 amide bonds. The Labute approximate surface area is 101 Å². The van der Waals surface area contributed by atoms with E-state index < -0.39 is 11.7 Å². The summed E-state index contributed by atoms with van der Waals surface area (Å²) in [5, 5.41) is 9.89. The molecule has 0 saturated heterocycles. The van der Waals surface area contributed by atoms with Gasteiger partial charge >= 0.3 is 6.01 Å². The second kappa shape index (κ2) is 4.17. The normalized spacial score (nSPS) is 14.5. The number of aromatic nitrogens is 3. The molecule has 0 spiro atoms. The summed E-state index contributed by atoms with van der Waals surface area (Å²) in [5.41, 5.74) is -0.0406. The molecule has 6 nitrogen and oxygen atoms in total. The van der Waals surface area contributed by atoms with Gasteiger partial charge in [-0.2, -0.15) is 0 Å². The minimum Gasteiger partial charge on any atom is -0.408 e. The van der Waals surface area contributed by atoms with Gasteiger partial charge in [-0.1, -0.05) is 5.10 Å². The third-order valence-corrected chi connectivity index (χ3v) is 2.54. The van der Waals surface area contributed by atoms with Crippen LogP contribution in [0.5, 0.6) is 0 Å². The molecular weight excluding hydrogens is 239 g/mol. The molecular formula is C11H9FN4O2. The standard InChI is InChI=1S/C11H9FN4O2/c12-7-3-4-13-8(5-7)9(17)14-11-16-15-10(18-11)6-1-2-6/h3-6H,1-2H2,(H,14,16,17). The van der Waals surface area contributed by atoms with Crippen molar-refractivity contribution in [3.63, 3.8) is 0 Å². The molecule has 2 aromatic rings. The number of halogens is 1. The number of rotatable bonds is 3. The number of nitrogens with zero attached hydrogens (tertiary/aromatic N) is 3. The Morgan fingerprint density at radius 2 is 2.28 bits per heavy atom. The van der Waals surface area contributed by atoms with Crippen molar-refractivity contribution < 1.29 is 13.6 Å². The summed E-state index contributed by atoms with van der Waals surface area (Å²) in [7, 11) is 0. The molecule has 0 atom stereocenters. The minimum absolute atomic E-state index is 0.00737. The second-order valence-electron chi connectivity index (χ2n) is 4.03. The van der Waals surface area contributed by atoms with Crippen LogP contribution in [0.3, 0.4) is 0 Å². The first-order valence-electron chi connectivity index (χ1n) is 5.48. The fourth-order valence-corrected chi connectivity index (χ4v) is 1.47. The van der Waals surface area contributed by atoms with Crippen molar-refractivity contribution in [2.75, 3.05) is 5.32 Å². The maximum absolute atomic E-state index is 12.9. The highest BCUT2D eigenvalue weighted by molar-refractivity contribution is 6.01. The van der Waals surface area contributed by atoms with Gasteiger partial charge in [-0.05, 0) is 18.9 Å². The van der Waals surface area contributed by atoms with Crippen LogP contribution in [-0.2, 0) is 0 Å². The van der Waals surface area contributed by atoms with Crippen LogP contribution < -0.4 is 5.32 Å². The van der Waals surface area contributed by atoms with Crippen molar-refractivity contribution >= 4 is 11.9 Å². The fraction of sp³-hybridized carbons (Fsp3) is 0.273. The van der Waals surface area contributed by atoms with Gasteiger partial charge in [-0.3, -0.25) is 15.1 Å². The third kappa shape index (κ3) is 2.20. The molecule has 18 heavy (non-hydrogen) atoms. The quantitative estimate of drug-likeness (QED) is 0.894. The zero-order valence-corrected chi connectivity index (χ0v) is 9.26. The molecule has 1 fully saturated rings. The molecule has 1 aliphatic rings. The van der Waals surface area contributed by atoms with Gasteiger partial charge in [-0.25, -0.2) is 4.39 Å². The van der Waals surface area contributed by atoms with Crippen molar-refractivity contribution in [3.8, 4) is 0 Å². The Balaban J connectivity index is 1.73. The van der Waals surface area contributed by atoms with Crippen LogP contribution in [0.15, 0.2) is 22.7 Å². The number of hydrogen-bond donors (Lipinski definition) is 1. The Bertz CT molecular complexity index is 594. The predicted octanol–water partition coefficient (Wildman–Crippen LogP) is 1.73. The molecule has 1 saturated carbocycles. The maximum Gasteiger partial charge on any atom is 0.322 e. The molecule has 0 aromatic carbocycles. The van der Waals surface area contributed by atoms with Gasteiger partial charge in [0.15, 0.2) is 0 Å². The number of hydrogen-bond acceptors (Lipinski definition) is 5. The number of carbonyl (C=O) groups excluding carboxylic acids is 1. The number of amides is 1. The van der Waals surface area contributed by atoms with E-state index in [0.717, 1.165) is 25.0 Å². The van der Waals surface area contributed by atoms with Gasteiger partial charge in [0.05, 0.1) is 0 Å². The summed E-state index contributed by atoms with van der Waals surface area (Å²) in [6.45, 7) is 0. The van der Waals surface area contributed by atoms with E-state index in [-0.39, 0.29) is 11.7 Å². The molecule has 0 aliphatic heterocycles. The summed E-state index contributed by atoms with van der Waals surface area (Å²) in [6, 6.07) is 2.20. The van der Waals surface area contributed by atoms with Crippen LogP contribution in [-0.4, -0.2) is 21.1 Å². The first kappa shape index (κ1) is 10.8. The van der Waals surface area contributed by atoms with Crippen molar-refractivity contribution in [1.82, 2.24) is 15.2 Å². The van der Waals surface area contributed by atoms with Gasteiger partial charge in [0.2, 0.25) is 5.89 Å². The summed E-state index contributed by atoms with van der Waals surface area (Å²) >= 11 is 0. The van der Waals surface area contributed by atoms with Gasteiger partial charge in [-0.15, -0.1) is 5.10 Å². The highest BCUT2D eigenvalue weighted by Crippen LogP contribution is 2.39. The van der Waals surface area contributed by atoms with Gasteiger partial charge < -0.3 is 4.42 Å². The van der Waals surface area contributed by atoms with Crippen molar-refractivity contribution in [2.24, 2.45) is 0 Å². The fourth-order valence-electron chi connectivity index (χ4n) is 1.47. The first-order valence-corrected chi connectivity index (χ1v) is 5.48. The van der Waals surface area contributed by atoms with Crippen molar-refractivity contribution in [1.29, 1.82) is 0 Å². The second-order valence-corrected chi connectivity index (χ2v) is 4.03. The monoisotopic (exact) mass is 248 g/mol. The summed E-state index contributed by atoms with van der Waals surface area (Å²) in [5.74, 6) is -0.271. The lowest BCUT2D eigenvalue weighted by molar-refractivity contribution is 0.101. The van der Waals surface area contributed by atoms with E-state index >= 15 is 0 Å². The van der Waals surface area contributed by atoms with Crippen molar-refractivity contribution in [2.45, 2.75) is 18.8 Å². The van der Waals surface area contributed by atoms with E-state index in [9.17, 15) is 9.18 Å². The number of anilines is 1. The van der Waals surface area contributed by atoms with Crippen LogP contribution in [0.2, 0.25) is 0 Å². The van der Waals surface area contributed by atoms with Crippen LogP contribution in [0.25, 0.3) is 0 Å². The molecule has 92 valence electrons. The summed E-state index contributed by atoms with van der Waals surface area (Å²) < 4.78 is 18.2. The molecule has 0 bridgehead atoms. The first-order chi connectivity index (χ1) is 8.72. The van der Waals surface area contributed by atoms with E-state index in [1.807, 2.05) is 0 Å². The molecule has 1 N–H and O–H groups in total.